The van der Waals surface area contributed by atoms with Crippen molar-refractivity contribution in [2.45, 2.75) is 118 Å². The van der Waals surface area contributed by atoms with Crippen LogP contribution in [0.1, 0.15) is 106 Å². The highest BCUT2D eigenvalue weighted by atomic mass is 16.5. The molecule has 1 saturated heterocycles. The van der Waals surface area contributed by atoms with Crippen molar-refractivity contribution in [2.24, 2.45) is 17.8 Å². The van der Waals surface area contributed by atoms with E-state index in [0.717, 1.165) is 30.4 Å². The molecule has 4 nitrogen and oxygen atoms in total. The molecule has 3 rings (SSSR count). The number of nitrogens with one attached hydrogen (secondary N) is 1. The third-order valence-corrected chi connectivity index (χ3v) is 7.32. The van der Waals surface area contributed by atoms with Gasteiger partial charge in [0.25, 0.3) is 0 Å². The van der Waals surface area contributed by atoms with Crippen LogP contribution in [0.5, 0.6) is 0 Å². The Morgan fingerprint density at radius 3 is 1.85 bits per heavy atom. The first-order valence-corrected chi connectivity index (χ1v) is 14.5. The lowest BCUT2D eigenvalue weighted by molar-refractivity contribution is -0.00222. The van der Waals surface area contributed by atoms with Gasteiger partial charge in [-0.1, -0.05) is 48.0 Å². The number of nitrogens with zero attached hydrogens (tertiary/aromatic N) is 2. The zero-order valence-corrected chi connectivity index (χ0v) is 23.7. The Kier molecular flexibility index (Phi) is 17.8. The van der Waals surface area contributed by atoms with Crippen LogP contribution >= 0.6 is 0 Å². The lowest BCUT2D eigenvalue weighted by Gasteiger charge is -2.35. The van der Waals surface area contributed by atoms with Crippen LogP contribution in [-0.4, -0.2) is 74.9 Å². The Bertz CT molecular complexity index is 427. The molecule has 0 bridgehead atoms. The molecule has 2 aliphatic carbocycles. The zero-order valence-electron chi connectivity index (χ0n) is 23.7. The average molecular weight is 468 g/mol. The first-order valence-electron chi connectivity index (χ1n) is 14.5. The molecule has 4 heteroatoms. The van der Waals surface area contributed by atoms with E-state index in [4.69, 9.17) is 4.74 Å². The number of hydrogen-bond donors (Lipinski definition) is 1. The van der Waals surface area contributed by atoms with Crippen LogP contribution in [0, 0.1) is 17.8 Å². The quantitative estimate of drug-likeness (QED) is 0.357. The van der Waals surface area contributed by atoms with E-state index in [1.165, 1.54) is 103 Å². The molecule has 3 aliphatic rings. The summed E-state index contributed by atoms with van der Waals surface area (Å²) in [5, 5.41) is 3.37. The predicted octanol–water partition coefficient (Wildman–Crippen LogP) is 6.45. The van der Waals surface area contributed by atoms with Crippen molar-refractivity contribution >= 4 is 0 Å². The smallest absolute Gasteiger partial charge is 0.0575 e. The molecule has 1 aliphatic heterocycles. The Morgan fingerprint density at radius 1 is 0.818 bits per heavy atom. The summed E-state index contributed by atoms with van der Waals surface area (Å²) in [6.45, 7) is 22.1. The highest BCUT2D eigenvalue weighted by Crippen LogP contribution is 2.24. The van der Waals surface area contributed by atoms with Gasteiger partial charge in [-0.3, -0.25) is 0 Å². The molecule has 0 unspecified atom stereocenters. The van der Waals surface area contributed by atoms with Gasteiger partial charge in [0, 0.05) is 38.8 Å². The maximum atomic E-state index is 5.59. The summed E-state index contributed by atoms with van der Waals surface area (Å²) >= 11 is 0. The summed E-state index contributed by atoms with van der Waals surface area (Å²) in [4.78, 5) is 5.10. The van der Waals surface area contributed by atoms with Gasteiger partial charge in [0.05, 0.1) is 6.10 Å². The van der Waals surface area contributed by atoms with Crippen LogP contribution in [-0.2, 0) is 4.74 Å². The standard InChI is InChI=1S/C10H22N2.C10H21N.C9H18O/c1-10(2)4-3-7-12-8-5-11-6-9-12;1-9(2)7-8-11(3)10-5-4-6-10;1-8(2)6-7-10-9-4-3-5-9/h10-11H,3-9H2,1-2H3;9-10H,4-8H2,1-3H3;8-9H,3-7H2,1-2H3. The minimum atomic E-state index is 0.624. The van der Waals surface area contributed by atoms with Gasteiger partial charge >= 0.3 is 0 Å². The molecular formula is C29H61N3O. The molecule has 0 aromatic carbocycles. The molecule has 1 heterocycles. The van der Waals surface area contributed by atoms with E-state index < -0.39 is 0 Å². The molecule has 0 aromatic rings. The summed E-state index contributed by atoms with van der Waals surface area (Å²) in [6, 6.07) is 0.925. The Hall–Kier alpha value is -0.160. The highest BCUT2D eigenvalue weighted by molar-refractivity contribution is 4.77. The second kappa shape index (κ2) is 19.1. The molecule has 0 amide bonds. The summed E-state index contributed by atoms with van der Waals surface area (Å²) in [5.41, 5.74) is 0. The van der Waals surface area contributed by atoms with Crippen LogP contribution in [0.25, 0.3) is 0 Å². The van der Waals surface area contributed by atoms with Crippen molar-refractivity contribution in [1.29, 1.82) is 0 Å². The van der Waals surface area contributed by atoms with Crippen molar-refractivity contribution in [1.82, 2.24) is 15.1 Å². The van der Waals surface area contributed by atoms with Crippen molar-refractivity contribution in [3.63, 3.8) is 0 Å². The van der Waals surface area contributed by atoms with Crippen LogP contribution in [0.3, 0.4) is 0 Å². The Labute approximate surface area is 208 Å². The third-order valence-electron chi connectivity index (χ3n) is 7.32. The van der Waals surface area contributed by atoms with E-state index in [1.807, 2.05) is 0 Å². The molecule has 3 fully saturated rings. The average Bonchev–Trinajstić information content (AvgIpc) is 2.68. The van der Waals surface area contributed by atoms with Gasteiger partial charge in [0.2, 0.25) is 0 Å². The van der Waals surface area contributed by atoms with Gasteiger partial charge in [-0.2, -0.15) is 0 Å². The van der Waals surface area contributed by atoms with Crippen LogP contribution < -0.4 is 5.32 Å². The van der Waals surface area contributed by atoms with Crippen molar-refractivity contribution in [3.05, 3.63) is 0 Å². The van der Waals surface area contributed by atoms with Crippen molar-refractivity contribution in [3.8, 4) is 0 Å². The monoisotopic (exact) mass is 467 g/mol. The van der Waals surface area contributed by atoms with E-state index in [0.29, 0.717) is 6.10 Å². The predicted molar refractivity (Wildman–Crippen MR) is 146 cm³/mol. The number of piperazine rings is 1. The van der Waals surface area contributed by atoms with Crippen molar-refractivity contribution in [2.75, 3.05) is 52.9 Å². The van der Waals surface area contributed by atoms with Gasteiger partial charge in [0.15, 0.2) is 0 Å². The first-order chi connectivity index (χ1) is 15.8. The number of hydrogen-bond acceptors (Lipinski definition) is 4. The summed E-state index contributed by atoms with van der Waals surface area (Å²) in [7, 11) is 2.27. The lowest BCUT2D eigenvalue weighted by atomic mass is 9.91. The molecule has 198 valence electrons. The van der Waals surface area contributed by atoms with E-state index >= 15 is 0 Å². The lowest BCUT2D eigenvalue weighted by Crippen LogP contribution is -2.43. The van der Waals surface area contributed by atoms with E-state index in [1.54, 1.807) is 0 Å². The van der Waals surface area contributed by atoms with E-state index in [-0.39, 0.29) is 0 Å². The van der Waals surface area contributed by atoms with E-state index in [9.17, 15) is 0 Å². The van der Waals surface area contributed by atoms with Crippen molar-refractivity contribution < 1.29 is 4.74 Å². The maximum Gasteiger partial charge on any atom is 0.0575 e. The summed E-state index contributed by atoms with van der Waals surface area (Å²) in [6.07, 6.45) is 14.3. The molecule has 0 atom stereocenters. The number of ether oxygens (including phenoxy) is 1. The van der Waals surface area contributed by atoms with Gasteiger partial charge in [-0.15, -0.1) is 0 Å². The van der Waals surface area contributed by atoms with Gasteiger partial charge < -0.3 is 19.9 Å². The Balaban J connectivity index is 0.000000249. The SMILES string of the molecule is CC(C)CCCN1CCNCC1.CC(C)CCN(C)C1CCC1.CC(C)CCOC1CCC1. The molecule has 0 aromatic heterocycles. The molecular weight excluding hydrogens is 406 g/mol. The van der Waals surface area contributed by atoms with E-state index in [2.05, 4.69) is 63.7 Å². The summed E-state index contributed by atoms with van der Waals surface area (Å²) < 4.78 is 5.59. The first kappa shape index (κ1) is 30.9. The molecule has 2 saturated carbocycles. The largest absolute Gasteiger partial charge is 0.378 e. The third kappa shape index (κ3) is 17.0. The highest BCUT2D eigenvalue weighted by Gasteiger charge is 2.21. The second-order valence-corrected chi connectivity index (χ2v) is 12.0. The van der Waals surface area contributed by atoms with Gasteiger partial charge in [-0.05, 0) is 95.7 Å². The van der Waals surface area contributed by atoms with Gasteiger partial charge in [-0.25, -0.2) is 0 Å². The topological polar surface area (TPSA) is 27.7 Å². The van der Waals surface area contributed by atoms with Gasteiger partial charge in [0.1, 0.15) is 0 Å². The number of rotatable bonds is 12. The minimum Gasteiger partial charge on any atom is -0.378 e. The maximum absolute atomic E-state index is 5.59. The molecule has 0 spiro atoms. The van der Waals surface area contributed by atoms with Crippen LogP contribution in [0.2, 0.25) is 0 Å². The fourth-order valence-corrected chi connectivity index (χ4v) is 4.14. The summed E-state index contributed by atoms with van der Waals surface area (Å²) in [5.74, 6) is 2.52. The molecule has 0 radical (unpaired) electrons. The fourth-order valence-electron chi connectivity index (χ4n) is 4.14. The van der Waals surface area contributed by atoms with Crippen LogP contribution in [0.4, 0.5) is 0 Å². The Morgan fingerprint density at radius 2 is 1.39 bits per heavy atom. The fraction of sp³-hybridized carbons (Fsp3) is 1.00. The molecule has 1 N–H and O–H groups in total. The van der Waals surface area contributed by atoms with Crippen LogP contribution in [0.15, 0.2) is 0 Å². The zero-order chi connectivity index (χ0) is 24.5. The minimum absolute atomic E-state index is 0.624. The molecule has 33 heavy (non-hydrogen) atoms. The normalized spacial score (nSPS) is 19.7. The second-order valence-electron chi connectivity index (χ2n) is 12.0.